The van der Waals surface area contributed by atoms with Gasteiger partial charge in [-0.1, -0.05) is 0 Å². The van der Waals surface area contributed by atoms with Crippen LogP contribution in [0.4, 0.5) is 5.82 Å². The molecule has 1 aromatic heterocycles. The number of rotatable bonds is 5. The van der Waals surface area contributed by atoms with Crippen molar-refractivity contribution in [2.75, 3.05) is 18.4 Å². The van der Waals surface area contributed by atoms with Crippen molar-refractivity contribution < 1.29 is 87.7 Å². The molecular weight excluding hydrogens is 339 g/mol. The van der Waals surface area contributed by atoms with Crippen LogP contribution in [0.1, 0.15) is 10.5 Å². The van der Waals surface area contributed by atoms with E-state index in [0.717, 1.165) is 0 Å². The minimum Gasteiger partial charge on any atom is -0.809 e. The molecule has 2 heterocycles. The zero-order chi connectivity index (χ0) is 14.9. The maximum absolute atomic E-state index is 11.6. The van der Waals surface area contributed by atoms with E-state index in [4.69, 9.17) is 15.2 Å². The Morgan fingerprint density at radius 3 is 2.73 bits per heavy atom. The molecule has 0 saturated heterocycles. The number of hydrogen-bond acceptors (Lipinski definition) is 9. The van der Waals surface area contributed by atoms with Gasteiger partial charge in [0.1, 0.15) is 5.69 Å². The summed E-state index contributed by atoms with van der Waals surface area (Å²) < 4.78 is 20.4. The van der Waals surface area contributed by atoms with E-state index in [-0.39, 0.29) is 70.6 Å². The molecule has 0 radical (unpaired) electrons. The third kappa shape index (κ3) is 5.26. The standard InChI is InChI=1S/C8H14N5O6P.2Na/c1-18-8(19-3-20(15,16)17)13-5-4(10-2-11-5)6(14)12-7(13)9;;/h2,7-8H,3,9H2,1H3,(H,10,11)(H,12,14)(H2,15,16,17);;/q;2*+1/p-2. The van der Waals surface area contributed by atoms with Crippen molar-refractivity contribution in [3.63, 3.8) is 0 Å². The van der Waals surface area contributed by atoms with Crippen LogP contribution in [-0.2, 0) is 14.0 Å². The number of carbonyl (C=O) groups excluding carboxylic acids is 1. The molecule has 2 unspecified atom stereocenters. The van der Waals surface area contributed by atoms with Crippen LogP contribution in [0, 0.1) is 0 Å². The van der Waals surface area contributed by atoms with E-state index in [1.807, 2.05) is 0 Å². The second-order valence-corrected chi connectivity index (χ2v) is 5.36. The second-order valence-electron chi connectivity index (χ2n) is 3.88. The molecule has 0 bridgehead atoms. The van der Waals surface area contributed by atoms with Crippen LogP contribution < -0.4 is 84.9 Å². The number of ether oxygens (including phenoxy) is 2. The molecule has 0 fully saturated rings. The Hall–Kier alpha value is 0.510. The molecule has 1 amide bonds. The fourth-order valence-electron chi connectivity index (χ4n) is 1.71. The SMILES string of the molecule is COC(OCP(=O)([O-])[O-])N1c2nc[nH]c2C(=O)NC1N.[Na+].[Na+]. The maximum atomic E-state index is 11.6. The van der Waals surface area contributed by atoms with Gasteiger partial charge in [-0.25, -0.2) is 4.98 Å². The molecule has 1 aliphatic rings. The molecule has 1 aliphatic heterocycles. The van der Waals surface area contributed by atoms with Crippen molar-refractivity contribution in [2.45, 2.75) is 12.7 Å². The topological polar surface area (TPSA) is 169 Å². The summed E-state index contributed by atoms with van der Waals surface area (Å²) in [6, 6.07) is 0. The molecule has 11 nitrogen and oxygen atoms in total. The van der Waals surface area contributed by atoms with E-state index >= 15 is 0 Å². The molecule has 2 rings (SSSR count). The predicted octanol–water partition coefficient (Wildman–Crippen LogP) is -8.97. The van der Waals surface area contributed by atoms with Crippen LogP contribution in [0.15, 0.2) is 6.33 Å². The van der Waals surface area contributed by atoms with Crippen LogP contribution in [-0.4, -0.2) is 42.0 Å². The van der Waals surface area contributed by atoms with Crippen molar-refractivity contribution in [1.29, 1.82) is 0 Å². The van der Waals surface area contributed by atoms with Gasteiger partial charge < -0.3 is 34.1 Å². The minimum absolute atomic E-state index is 0. The molecule has 22 heavy (non-hydrogen) atoms. The van der Waals surface area contributed by atoms with E-state index in [2.05, 4.69) is 15.3 Å². The van der Waals surface area contributed by atoms with Crippen molar-refractivity contribution in [3.05, 3.63) is 12.0 Å². The first-order chi connectivity index (χ1) is 9.33. The Balaban J connectivity index is 0.00000220. The zero-order valence-electron chi connectivity index (χ0n) is 12.3. The summed E-state index contributed by atoms with van der Waals surface area (Å²) in [5.74, 6) is -0.353. The zero-order valence-corrected chi connectivity index (χ0v) is 17.2. The van der Waals surface area contributed by atoms with E-state index < -0.39 is 32.6 Å². The number of carbonyl (C=O) groups is 1. The molecule has 0 aromatic carbocycles. The number of H-pyrrole nitrogens is 1. The van der Waals surface area contributed by atoms with Gasteiger partial charge in [-0.05, 0) is 7.60 Å². The van der Waals surface area contributed by atoms with Gasteiger partial charge in [0.2, 0.25) is 6.41 Å². The van der Waals surface area contributed by atoms with Crippen LogP contribution in [0.5, 0.6) is 0 Å². The van der Waals surface area contributed by atoms with Crippen LogP contribution in [0.2, 0.25) is 0 Å². The molecule has 1 aromatic rings. The number of imidazole rings is 1. The van der Waals surface area contributed by atoms with Gasteiger partial charge in [0.25, 0.3) is 5.91 Å². The average molecular weight is 351 g/mol. The van der Waals surface area contributed by atoms with E-state index in [1.165, 1.54) is 18.3 Å². The summed E-state index contributed by atoms with van der Waals surface area (Å²) in [6.45, 7) is 0. The number of anilines is 1. The molecule has 0 spiro atoms. The van der Waals surface area contributed by atoms with Gasteiger partial charge in [-0.3, -0.25) is 15.4 Å². The minimum atomic E-state index is -4.87. The summed E-state index contributed by atoms with van der Waals surface area (Å²) in [6.07, 6.45) is -2.18. The Morgan fingerprint density at radius 2 is 2.18 bits per heavy atom. The smallest absolute Gasteiger partial charge is 0.809 e. The van der Waals surface area contributed by atoms with Gasteiger partial charge in [0, 0.05) is 7.11 Å². The first-order valence-corrected chi connectivity index (χ1v) is 7.10. The quantitative estimate of drug-likeness (QED) is 0.265. The Morgan fingerprint density at radius 1 is 1.55 bits per heavy atom. The predicted molar refractivity (Wildman–Crippen MR) is 60.9 cm³/mol. The van der Waals surface area contributed by atoms with Crippen LogP contribution in [0.25, 0.3) is 0 Å². The van der Waals surface area contributed by atoms with E-state index in [1.54, 1.807) is 0 Å². The molecule has 112 valence electrons. The average Bonchev–Trinajstić information content (AvgIpc) is 2.81. The maximum Gasteiger partial charge on any atom is 1.00 e. The summed E-state index contributed by atoms with van der Waals surface area (Å²) in [7, 11) is -3.65. The first-order valence-electron chi connectivity index (χ1n) is 5.37. The normalized spacial score (nSPS) is 18.6. The Kier molecular flexibility index (Phi) is 9.32. The summed E-state index contributed by atoms with van der Waals surface area (Å²) in [5, 5.41) is 2.39. The Bertz CT molecular complexity index is 553. The van der Waals surface area contributed by atoms with Crippen molar-refractivity contribution in [3.8, 4) is 0 Å². The molecule has 0 aliphatic carbocycles. The van der Waals surface area contributed by atoms with Crippen molar-refractivity contribution in [2.24, 2.45) is 5.73 Å². The summed E-state index contributed by atoms with van der Waals surface area (Å²) in [5.41, 5.74) is 5.83. The van der Waals surface area contributed by atoms with Gasteiger partial charge in [0.15, 0.2) is 12.1 Å². The number of fused-ring (bicyclic) bond motifs is 1. The number of nitrogens with zero attached hydrogens (tertiary/aromatic N) is 2. The number of aromatic amines is 1. The van der Waals surface area contributed by atoms with Gasteiger partial charge in [-0.2, -0.15) is 0 Å². The van der Waals surface area contributed by atoms with Gasteiger partial charge in [0.05, 0.1) is 12.7 Å². The number of methoxy groups -OCH3 is 1. The van der Waals surface area contributed by atoms with Gasteiger partial charge >= 0.3 is 59.1 Å². The number of amides is 1. The number of hydrogen-bond donors (Lipinski definition) is 3. The third-order valence-electron chi connectivity index (χ3n) is 2.47. The van der Waals surface area contributed by atoms with Crippen LogP contribution >= 0.6 is 7.60 Å². The molecular formula is C8H12N5Na2O6P. The van der Waals surface area contributed by atoms with E-state index in [0.29, 0.717) is 0 Å². The fourth-order valence-corrected chi connectivity index (χ4v) is 2.02. The van der Waals surface area contributed by atoms with E-state index in [9.17, 15) is 19.1 Å². The largest absolute Gasteiger partial charge is 1.00 e. The van der Waals surface area contributed by atoms with Crippen molar-refractivity contribution in [1.82, 2.24) is 15.3 Å². The fraction of sp³-hybridized carbons (Fsp3) is 0.500. The van der Waals surface area contributed by atoms with Crippen molar-refractivity contribution >= 4 is 19.3 Å². The van der Waals surface area contributed by atoms with Crippen LogP contribution in [0.3, 0.4) is 0 Å². The summed E-state index contributed by atoms with van der Waals surface area (Å²) in [4.78, 5) is 40.5. The van der Waals surface area contributed by atoms with Gasteiger partial charge in [-0.15, -0.1) is 0 Å². The Labute approximate surface area is 170 Å². The summed E-state index contributed by atoms with van der Waals surface area (Å²) >= 11 is 0. The molecule has 4 N–H and O–H groups in total. The molecule has 0 saturated carbocycles. The third-order valence-corrected chi connectivity index (χ3v) is 2.94. The molecule has 14 heteroatoms. The number of aromatic nitrogens is 2. The second kappa shape index (κ2) is 9.11. The number of nitrogens with one attached hydrogen (secondary N) is 2. The first kappa shape index (κ1) is 22.5. The molecule has 2 atom stereocenters. The number of nitrogens with two attached hydrogens (primary N) is 1. The monoisotopic (exact) mass is 351 g/mol.